The molecule has 4 rings (SSSR count). The number of aromatic nitrogens is 3. The Morgan fingerprint density at radius 3 is 2.60 bits per heavy atom. The van der Waals surface area contributed by atoms with Gasteiger partial charge in [-0.25, -0.2) is 9.67 Å². The summed E-state index contributed by atoms with van der Waals surface area (Å²) in [6.07, 6.45) is 3.27. The van der Waals surface area contributed by atoms with Gasteiger partial charge >= 0.3 is 0 Å². The number of amides is 1. The fourth-order valence-corrected chi connectivity index (χ4v) is 2.81. The van der Waals surface area contributed by atoms with Crippen molar-refractivity contribution in [3.05, 3.63) is 84.3 Å². The maximum atomic E-state index is 12.6. The van der Waals surface area contributed by atoms with E-state index in [1.165, 1.54) is 0 Å². The zero-order chi connectivity index (χ0) is 17.2. The van der Waals surface area contributed by atoms with Gasteiger partial charge in [0.05, 0.1) is 17.5 Å². The summed E-state index contributed by atoms with van der Waals surface area (Å²) in [7, 11) is 0. The van der Waals surface area contributed by atoms with Crippen LogP contribution < -0.4 is 5.32 Å². The summed E-state index contributed by atoms with van der Waals surface area (Å²) in [4.78, 5) is 16.9. The Labute approximate surface area is 144 Å². The maximum Gasteiger partial charge on any atom is 0.259 e. The van der Waals surface area contributed by atoms with Crippen molar-refractivity contribution in [2.24, 2.45) is 0 Å². The fourth-order valence-electron chi connectivity index (χ4n) is 2.81. The van der Waals surface area contributed by atoms with Crippen molar-refractivity contribution in [1.29, 1.82) is 0 Å². The van der Waals surface area contributed by atoms with Crippen molar-refractivity contribution in [2.45, 2.75) is 6.92 Å². The van der Waals surface area contributed by atoms with Crippen LogP contribution in [0.4, 0.5) is 5.69 Å². The lowest BCUT2D eigenvalue weighted by molar-refractivity contribution is 0.102. The van der Waals surface area contributed by atoms with Crippen molar-refractivity contribution in [2.75, 3.05) is 5.32 Å². The van der Waals surface area contributed by atoms with Crippen LogP contribution in [0.1, 0.15) is 16.1 Å². The Kier molecular flexibility index (Phi) is 3.74. The molecule has 0 atom stereocenters. The molecule has 0 fully saturated rings. The molecule has 1 amide bonds. The standard InChI is InChI=1S/C20H16N4O/c1-14-18(13-22-24(14)19-8-4-5-11-21-19)20(25)23-17-10-9-15-6-2-3-7-16(15)12-17/h2-13H,1H3,(H,23,25). The smallest absolute Gasteiger partial charge is 0.259 e. The van der Waals surface area contributed by atoms with Crippen molar-refractivity contribution < 1.29 is 4.79 Å². The molecule has 5 heteroatoms. The van der Waals surface area contributed by atoms with Gasteiger partial charge in [0.25, 0.3) is 5.91 Å². The number of pyridine rings is 1. The number of carbonyl (C=O) groups is 1. The Hall–Kier alpha value is -3.47. The molecule has 0 spiro atoms. The van der Waals surface area contributed by atoms with Crippen LogP contribution in [-0.4, -0.2) is 20.7 Å². The van der Waals surface area contributed by atoms with Crippen molar-refractivity contribution in [3.8, 4) is 5.82 Å². The predicted octanol–water partition coefficient (Wildman–Crippen LogP) is 3.98. The third-order valence-electron chi connectivity index (χ3n) is 4.13. The van der Waals surface area contributed by atoms with E-state index in [1.54, 1.807) is 17.1 Å². The number of rotatable bonds is 3. The summed E-state index contributed by atoms with van der Waals surface area (Å²) in [6, 6.07) is 19.5. The molecule has 0 radical (unpaired) electrons. The van der Waals surface area contributed by atoms with Gasteiger partial charge in [-0.3, -0.25) is 4.79 Å². The Bertz CT molecular complexity index is 1050. The van der Waals surface area contributed by atoms with Gasteiger partial charge in [0.15, 0.2) is 5.82 Å². The van der Waals surface area contributed by atoms with Crippen molar-refractivity contribution >= 4 is 22.4 Å². The topological polar surface area (TPSA) is 59.8 Å². The first kappa shape index (κ1) is 15.1. The molecule has 5 nitrogen and oxygen atoms in total. The summed E-state index contributed by atoms with van der Waals surface area (Å²) in [6.45, 7) is 1.86. The number of nitrogens with zero attached hydrogens (tertiary/aromatic N) is 3. The molecule has 0 aliphatic rings. The first-order valence-corrected chi connectivity index (χ1v) is 7.98. The second-order valence-corrected chi connectivity index (χ2v) is 5.76. The molecule has 2 heterocycles. The van der Waals surface area contributed by atoms with Crippen LogP contribution in [0, 0.1) is 6.92 Å². The quantitative estimate of drug-likeness (QED) is 0.619. The lowest BCUT2D eigenvalue weighted by Gasteiger charge is -2.07. The van der Waals surface area contributed by atoms with Crippen molar-refractivity contribution in [1.82, 2.24) is 14.8 Å². The van der Waals surface area contributed by atoms with E-state index in [0.717, 1.165) is 22.2 Å². The van der Waals surface area contributed by atoms with Gasteiger partial charge in [0.2, 0.25) is 0 Å². The van der Waals surface area contributed by atoms with E-state index in [9.17, 15) is 4.79 Å². The molecule has 0 saturated carbocycles. The van der Waals surface area contributed by atoms with Crippen LogP contribution in [0.15, 0.2) is 73.1 Å². The summed E-state index contributed by atoms with van der Waals surface area (Å²) < 4.78 is 1.66. The Morgan fingerprint density at radius 2 is 1.80 bits per heavy atom. The molecule has 0 aliphatic heterocycles. The fraction of sp³-hybridized carbons (Fsp3) is 0.0500. The second kappa shape index (κ2) is 6.20. The number of anilines is 1. The summed E-state index contributed by atoms with van der Waals surface area (Å²) in [5.41, 5.74) is 2.03. The molecule has 0 bridgehead atoms. The van der Waals surface area contributed by atoms with E-state index >= 15 is 0 Å². The van der Waals surface area contributed by atoms with E-state index in [1.807, 2.05) is 67.6 Å². The molecule has 122 valence electrons. The van der Waals surface area contributed by atoms with Gasteiger partial charge in [-0.05, 0) is 42.0 Å². The highest BCUT2D eigenvalue weighted by Crippen LogP contribution is 2.20. The third-order valence-corrected chi connectivity index (χ3v) is 4.13. The van der Waals surface area contributed by atoms with E-state index in [4.69, 9.17) is 0 Å². The van der Waals surface area contributed by atoms with Gasteiger partial charge in [-0.15, -0.1) is 0 Å². The molecule has 2 aromatic heterocycles. The third kappa shape index (κ3) is 2.87. The minimum atomic E-state index is -0.185. The van der Waals surface area contributed by atoms with Crippen molar-refractivity contribution in [3.63, 3.8) is 0 Å². The first-order valence-electron chi connectivity index (χ1n) is 7.98. The molecule has 0 aliphatic carbocycles. The van der Waals surface area contributed by atoms with Crippen LogP contribution in [-0.2, 0) is 0 Å². The number of nitrogens with one attached hydrogen (secondary N) is 1. The van der Waals surface area contributed by atoms with Gasteiger partial charge in [-0.1, -0.05) is 36.4 Å². The molecular formula is C20H16N4O. The summed E-state index contributed by atoms with van der Waals surface area (Å²) >= 11 is 0. The maximum absolute atomic E-state index is 12.6. The average Bonchev–Trinajstić information content (AvgIpc) is 3.04. The van der Waals surface area contributed by atoms with E-state index in [2.05, 4.69) is 15.4 Å². The van der Waals surface area contributed by atoms with Crippen LogP contribution >= 0.6 is 0 Å². The average molecular weight is 328 g/mol. The monoisotopic (exact) mass is 328 g/mol. The van der Waals surface area contributed by atoms with Crippen LogP contribution in [0.3, 0.4) is 0 Å². The van der Waals surface area contributed by atoms with E-state index in [0.29, 0.717) is 11.4 Å². The highest BCUT2D eigenvalue weighted by molar-refractivity contribution is 6.05. The normalized spacial score (nSPS) is 10.8. The molecule has 0 unspecified atom stereocenters. The van der Waals surface area contributed by atoms with Gasteiger partial charge < -0.3 is 5.32 Å². The second-order valence-electron chi connectivity index (χ2n) is 5.76. The van der Waals surface area contributed by atoms with Gasteiger partial charge in [-0.2, -0.15) is 5.10 Å². The molecule has 25 heavy (non-hydrogen) atoms. The van der Waals surface area contributed by atoms with Gasteiger partial charge in [0, 0.05) is 11.9 Å². The molecular weight excluding hydrogens is 312 g/mol. The van der Waals surface area contributed by atoms with E-state index in [-0.39, 0.29) is 5.91 Å². The van der Waals surface area contributed by atoms with Crippen LogP contribution in [0.25, 0.3) is 16.6 Å². The number of hydrogen-bond donors (Lipinski definition) is 1. The van der Waals surface area contributed by atoms with Gasteiger partial charge in [0.1, 0.15) is 0 Å². The molecule has 0 saturated heterocycles. The molecule has 2 aromatic carbocycles. The molecule has 4 aromatic rings. The largest absolute Gasteiger partial charge is 0.322 e. The minimum Gasteiger partial charge on any atom is -0.322 e. The summed E-state index contributed by atoms with van der Waals surface area (Å²) in [5.74, 6) is 0.500. The highest BCUT2D eigenvalue weighted by atomic mass is 16.1. The lowest BCUT2D eigenvalue weighted by Crippen LogP contribution is -2.13. The number of fused-ring (bicyclic) bond motifs is 1. The Morgan fingerprint density at radius 1 is 1.00 bits per heavy atom. The zero-order valence-corrected chi connectivity index (χ0v) is 13.7. The van der Waals surface area contributed by atoms with Crippen LogP contribution in [0.2, 0.25) is 0 Å². The predicted molar refractivity (Wildman–Crippen MR) is 98.0 cm³/mol. The molecule has 1 N–H and O–H groups in total. The number of benzene rings is 2. The van der Waals surface area contributed by atoms with E-state index < -0.39 is 0 Å². The number of carbonyl (C=O) groups excluding carboxylic acids is 1. The summed E-state index contributed by atoms with van der Waals surface area (Å²) in [5, 5.41) is 9.46. The number of hydrogen-bond acceptors (Lipinski definition) is 3. The van der Waals surface area contributed by atoms with Crippen LogP contribution in [0.5, 0.6) is 0 Å². The lowest BCUT2D eigenvalue weighted by atomic mass is 10.1. The zero-order valence-electron chi connectivity index (χ0n) is 13.7. The Balaban J connectivity index is 1.61. The highest BCUT2D eigenvalue weighted by Gasteiger charge is 2.15. The first-order chi connectivity index (χ1) is 12.2. The minimum absolute atomic E-state index is 0.185. The SMILES string of the molecule is Cc1c(C(=O)Nc2ccc3ccccc3c2)cnn1-c1ccccn1.